The highest BCUT2D eigenvalue weighted by molar-refractivity contribution is 7.90. The molecule has 0 aliphatic heterocycles. The Bertz CT molecular complexity index is 1190. The summed E-state index contributed by atoms with van der Waals surface area (Å²) >= 11 is 18.8. The third-order valence-electron chi connectivity index (χ3n) is 4.60. The summed E-state index contributed by atoms with van der Waals surface area (Å²) in [4.78, 5) is 11.1. The molecule has 0 bridgehead atoms. The summed E-state index contributed by atoms with van der Waals surface area (Å²) in [7, 11) is -3.70. The van der Waals surface area contributed by atoms with Crippen LogP contribution in [0.25, 0.3) is 16.7 Å². The molecular weight excluding hydrogens is 469 g/mol. The number of hydrogen-bond donors (Lipinski definition) is 0. The number of hydrogen-bond acceptors (Lipinski definition) is 6. The number of fused-ring (bicyclic) bond motifs is 1. The molecule has 0 fully saturated rings. The van der Waals surface area contributed by atoms with E-state index >= 15 is 0 Å². The first-order chi connectivity index (χ1) is 14.1. The topological polar surface area (TPSA) is 81.0 Å². The number of anilines is 1. The second kappa shape index (κ2) is 8.86. The van der Waals surface area contributed by atoms with Gasteiger partial charge in [-0.15, -0.1) is 0 Å². The van der Waals surface area contributed by atoms with Crippen LogP contribution >= 0.6 is 34.8 Å². The van der Waals surface area contributed by atoms with Gasteiger partial charge in [0.2, 0.25) is 0 Å². The van der Waals surface area contributed by atoms with E-state index in [1.807, 2.05) is 11.8 Å². The number of aromatic nitrogens is 4. The quantitative estimate of drug-likeness (QED) is 0.457. The van der Waals surface area contributed by atoms with Crippen LogP contribution in [-0.4, -0.2) is 47.5 Å². The van der Waals surface area contributed by atoms with Gasteiger partial charge in [-0.25, -0.2) is 23.1 Å². The second-order valence-corrected chi connectivity index (χ2v) is 10.1. The maximum absolute atomic E-state index is 12.6. The van der Waals surface area contributed by atoms with Crippen LogP contribution in [0.2, 0.25) is 15.1 Å². The first kappa shape index (κ1) is 23.1. The first-order valence-electron chi connectivity index (χ1n) is 9.45. The minimum absolute atomic E-state index is 0.121. The van der Waals surface area contributed by atoms with Crippen LogP contribution < -0.4 is 4.90 Å². The fourth-order valence-electron chi connectivity index (χ4n) is 3.22. The Labute approximate surface area is 190 Å². The SMILES string of the molecule is CCCCN(CC)c1nc(C)nc2c1c(S(C)(=O)=O)nn2-c1c(Cl)cc(Cl)cc1Cl. The monoisotopic (exact) mass is 489 g/mol. The van der Waals surface area contributed by atoms with Crippen LogP contribution in [0, 0.1) is 6.92 Å². The van der Waals surface area contributed by atoms with Gasteiger partial charge in [-0.1, -0.05) is 48.1 Å². The molecule has 0 radical (unpaired) electrons. The molecule has 0 saturated heterocycles. The maximum Gasteiger partial charge on any atom is 0.195 e. The smallest absolute Gasteiger partial charge is 0.195 e. The largest absolute Gasteiger partial charge is 0.356 e. The van der Waals surface area contributed by atoms with Gasteiger partial charge in [-0.3, -0.25) is 0 Å². The van der Waals surface area contributed by atoms with Crippen molar-refractivity contribution in [3.05, 3.63) is 33.0 Å². The summed E-state index contributed by atoms with van der Waals surface area (Å²) in [5.74, 6) is 1.01. The van der Waals surface area contributed by atoms with Crippen LogP contribution in [0.5, 0.6) is 0 Å². The molecule has 7 nitrogen and oxygen atoms in total. The fourth-order valence-corrected chi connectivity index (χ4v) is 4.98. The van der Waals surface area contributed by atoms with E-state index in [2.05, 4.69) is 22.0 Å². The van der Waals surface area contributed by atoms with Gasteiger partial charge in [0.15, 0.2) is 20.5 Å². The highest BCUT2D eigenvalue weighted by atomic mass is 35.5. The number of sulfone groups is 1. The van der Waals surface area contributed by atoms with E-state index in [0.717, 1.165) is 25.6 Å². The molecule has 162 valence electrons. The van der Waals surface area contributed by atoms with Crippen LogP contribution in [0.3, 0.4) is 0 Å². The van der Waals surface area contributed by atoms with Crippen molar-refractivity contribution >= 4 is 61.5 Å². The summed E-state index contributed by atoms with van der Waals surface area (Å²) < 4.78 is 26.6. The Kier molecular flexibility index (Phi) is 6.81. The van der Waals surface area contributed by atoms with Crippen molar-refractivity contribution in [1.82, 2.24) is 19.7 Å². The van der Waals surface area contributed by atoms with Gasteiger partial charge in [0.05, 0.1) is 10.0 Å². The number of nitrogens with zero attached hydrogens (tertiary/aromatic N) is 5. The summed E-state index contributed by atoms with van der Waals surface area (Å²) in [6.07, 6.45) is 3.05. The first-order valence-corrected chi connectivity index (χ1v) is 12.5. The summed E-state index contributed by atoms with van der Waals surface area (Å²) in [6.45, 7) is 7.23. The Morgan fingerprint density at radius 2 is 1.73 bits per heavy atom. The number of benzene rings is 1. The Hall–Kier alpha value is -1.61. The maximum atomic E-state index is 12.6. The average molecular weight is 491 g/mol. The van der Waals surface area contributed by atoms with Crippen molar-refractivity contribution in [3.8, 4) is 5.69 Å². The summed E-state index contributed by atoms with van der Waals surface area (Å²) in [6, 6.07) is 3.04. The molecule has 0 unspecified atom stereocenters. The molecule has 0 spiro atoms. The Morgan fingerprint density at radius 1 is 1.10 bits per heavy atom. The van der Waals surface area contributed by atoms with E-state index in [4.69, 9.17) is 34.8 Å². The van der Waals surface area contributed by atoms with Crippen LogP contribution in [0.15, 0.2) is 17.2 Å². The van der Waals surface area contributed by atoms with E-state index in [0.29, 0.717) is 39.9 Å². The third-order valence-corrected chi connectivity index (χ3v) is 6.38. The van der Waals surface area contributed by atoms with E-state index in [1.54, 1.807) is 6.92 Å². The molecule has 3 aromatic rings. The van der Waals surface area contributed by atoms with Gasteiger partial charge in [0.1, 0.15) is 22.7 Å². The van der Waals surface area contributed by atoms with E-state index < -0.39 is 9.84 Å². The predicted molar refractivity (Wildman–Crippen MR) is 122 cm³/mol. The highest BCUT2D eigenvalue weighted by Crippen LogP contribution is 2.37. The third kappa shape index (κ3) is 4.37. The minimum atomic E-state index is -3.70. The van der Waals surface area contributed by atoms with Crippen molar-refractivity contribution in [1.29, 1.82) is 0 Å². The molecule has 0 N–H and O–H groups in total. The van der Waals surface area contributed by atoms with Gasteiger partial charge in [0, 0.05) is 24.4 Å². The van der Waals surface area contributed by atoms with Crippen molar-refractivity contribution in [2.24, 2.45) is 0 Å². The average Bonchev–Trinajstić information content (AvgIpc) is 3.01. The zero-order valence-electron chi connectivity index (χ0n) is 17.1. The normalized spacial score (nSPS) is 12.0. The van der Waals surface area contributed by atoms with Gasteiger partial charge < -0.3 is 4.90 Å². The molecule has 30 heavy (non-hydrogen) atoms. The lowest BCUT2D eigenvalue weighted by Crippen LogP contribution is -2.25. The zero-order valence-corrected chi connectivity index (χ0v) is 20.2. The van der Waals surface area contributed by atoms with Crippen LogP contribution in [0.1, 0.15) is 32.5 Å². The van der Waals surface area contributed by atoms with Crippen molar-refractivity contribution in [2.75, 3.05) is 24.2 Å². The number of halogens is 3. The highest BCUT2D eigenvalue weighted by Gasteiger charge is 2.28. The molecule has 1 aromatic carbocycles. The minimum Gasteiger partial charge on any atom is -0.356 e. The molecule has 11 heteroatoms. The van der Waals surface area contributed by atoms with Crippen molar-refractivity contribution in [3.63, 3.8) is 0 Å². The van der Waals surface area contributed by atoms with E-state index in [-0.39, 0.29) is 15.1 Å². The molecule has 0 amide bonds. The Balaban J connectivity index is 2.44. The molecule has 2 heterocycles. The molecule has 2 aromatic heterocycles. The zero-order chi connectivity index (χ0) is 22.2. The van der Waals surface area contributed by atoms with Crippen LogP contribution in [-0.2, 0) is 9.84 Å². The van der Waals surface area contributed by atoms with E-state index in [9.17, 15) is 8.42 Å². The molecular formula is C19H22Cl3N5O2S. The van der Waals surface area contributed by atoms with Crippen molar-refractivity contribution < 1.29 is 8.42 Å². The molecule has 0 saturated carbocycles. The molecule has 0 atom stereocenters. The molecule has 0 aliphatic rings. The predicted octanol–water partition coefficient (Wildman–Crippen LogP) is 5.11. The number of unbranched alkanes of at least 4 members (excludes halogenated alkanes) is 1. The van der Waals surface area contributed by atoms with E-state index in [1.165, 1.54) is 16.8 Å². The second-order valence-electron chi connectivity index (χ2n) is 6.93. The number of rotatable bonds is 7. The fraction of sp³-hybridized carbons (Fsp3) is 0.421. The number of aryl methyl sites for hydroxylation is 1. The summed E-state index contributed by atoms with van der Waals surface area (Å²) in [5.41, 5.74) is 0.627. The standard InChI is InChI=1S/C19H22Cl3N5O2S/c1-5-7-8-26(6-2)17-15-18(24-11(3)23-17)27(25-19(15)30(4,28)29)16-13(21)9-12(20)10-14(16)22/h9-10H,5-8H2,1-4H3. The van der Waals surface area contributed by atoms with Crippen molar-refractivity contribution in [2.45, 2.75) is 38.6 Å². The van der Waals surface area contributed by atoms with Gasteiger partial charge >= 0.3 is 0 Å². The lowest BCUT2D eigenvalue weighted by atomic mass is 10.2. The molecule has 0 aliphatic carbocycles. The van der Waals surface area contributed by atoms with Gasteiger partial charge in [-0.05, 0) is 32.4 Å². The molecule has 3 rings (SSSR count). The lowest BCUT2D eigenvalue weighted by molar-refractivity contribution is 0.597. The lowest BCUT2D eigenvalue weighted by Gasteiger charge is -2.23. The van der Waals surface area contributed by atoms with Crippen LogP contribution in [0.4, 0.5) is 5.82 Å². The van der Waals surface area contributed by atoms with Gasteiger partial charge in [-0.2, -0.15) is 5.10 Å². The van der Waals surface area contributed by atoms with Gasteiger partial charge in [0.25, 0.3) is 0 Å². The Morgan fingerprint density at radius 3 is 2.27 bits per heavy atom. The summed E-state index contributed by atoms with van der Waals surface area (Å²) in [5, 5.41) is 5.42.